The van der Waals surface area contributed by atoms with Crippen LogP contribution >= 0.6 is 0 Å². The molecule has 3 atom stereocenters. The summed E-state index contributed by atoms with van der Waals surface area (Å²) in [5.74, 6) is -4.55. The molecular weight excluding hydrogens is 514 g/mol. The van der Waals surface area contributed by atoms with Crippen LogP contribution in [0.4, 0.5) is 0 Å². The van der Waals surface area contributed by atoms with Crippen LogP contribution in [0.3, 0.4) is 0 Å². The molecular formula is C29H39N5O6. The molecule has 0 fully saturated rings. The highest BCUT2D eigenvalue weighted by molar-refractivity contribution is 6.37. The lowest BCUT2D eigenvalue weighted by Gasteiger charge is -2.26. The molecule has 1 aromatic carbocycles. The van der Waals surface area contributed by atoms with Crippen LogP contribution in [0, 0.1) is 23.7 Å². The van der Waals surface area contributed by atoms with Crippen LogP contribution in [0.1, 0.15) is 58.2 Å². The number of nitrogens with one attached hydrogen (secondary N) is 2. The molecule has 40 heavy (non-hydrogen) atoms. The Morgan fingerprint density at radius 1 is 1.12 bits per heavy atom. The molecule has 1 aliphatic rings. The summed E-state index contributed by atoms with van der Waals surface area (Å²) >= 11 is 0. The monoisotopic (exact) mass is 553 g/mol. The average molecular weight is 554 g/mol. The van der Waals surface area contributed by atoms with Crippen molar-refractivity contribution in [3.63, 3.8) is 0 Å². The maximum Gasteiger partial charge on any atom is 0.306 e. The summed E-state index contributed by atoms with van der Waals surface area (Å²) in [6.45, 7) is 7.88. The number of carbonyl (C=O) groups excluding carboxylic acids is 5. The largest absolute Gasteiger partial charge is 0.461 e. The Balaban J connectivity index is 1.68. The molecule has 11 nitrogen and oxygen atoms in total. The van der Waals surface area contributed by atoms with E-state index in [-0.39, 0.29) is 50.2 Å². The standard InChI is InChI=1S/C29H39N5O6/c1-18(2)12-24(25(35)13-21-15-34-16-22(32-33-34)10-11-30-29(39)27(21)37)31-28(38)23(19(3)4)14-26(36)40-17-20-8-6-5-7-9-20/h5-9,16,18-19,21,23-24H,10-15,17H2,1-4H3,(H,30,39)(H,31,38). The molecule has 11 heteroatoms. The van der Waals surface area contributed by atoms with Crippen LogP contribution < -0.4 is 10.6 Å². The van der Waals surface area contributed by atoms with Gasteiger partial charge in [0.05, 0.1) is 36.5 Å². The summed E-state index contributed by atoms with van der Waals surface area (Å²) < 4.78 is 6.84. The molecule has 0 radical (unpaired) electrons. The first-order valence-electron chi connectivity index (χ1n) is 13.8. The summed E-state index contributed by atoms with van der Waals surface area (Å²) in [6, 6.07) is 8.37. The van der Waals surface area contributed by atoms with E-state index in [1.54, 1.807) is 6.20 Å². The minimum Gasteiger partial charge on any atom is -0.461 e. The van der Waals surface area contributed by atoms with Crippen LogP contribution in [0.2, 0.25) is 0 Å². The number of ketones is 2. The smallest absolute Gasteiger partial charge is 0.306 e. The summed E-state index contributed by atoms with van der Waals surface area (Å²) in [4.78, 5) is 64.7. The third-order valence-corrected chi connectivity index (χ3v) is 6.89. The number of carbonyl (C=O) groups is 5. The molecule has 1 aliphatic heterocycles. The fourth-order valence-electron chi connectivity index (χ4n) is 4.60. The number of hydrogen-bond donors (Lipinski definition) is 2. The molecule has 216 valence electrons. The van der Waals surface area contributed by atoms with Gasteiger partial charge in [0.2, 0.25) is 11.7 Å². The van der Waals surface area contributed by atoms with Crippen molar-refractivity contribution in [2.75, 3.05) is 6.54 Å². The quantitative estimate of drug-likeness (QED) is 0.300. The first-order valence-corrected chi connectivity index (χ1v) is 13.8. The number of rotatable bonds is 12. The van der Waals surface area contributed by atoms with Crippen LogP contribution in [-0.4, -0.2) is 56.9 Å². The van der Waals surface area contributed by atoms with Gasteiger partial charge in [-0.2, -0.15) is 0 Å². The predicted octanol–water partition coefficient (Wildman–Crippen LogP) is 2.03. The van der Waals surface area contributed by atoms with E-state index in [1.165, 1.54) is 4.68 Å². The second-order valence-electron chi connectivity index (χ2n) is 11.1. The van der Waals surface area contributed by atoms with Gasteiger partial charge in [0.25, 0.3) is 5.91 Å². The molecule has 3 unspecified atom stereocenters. The Morgan fingerprint density at radius 2 is 1.85 bits per heavy atom. The minimum absolute atomic E-state index is 0.0230. The number of nitrogens with zero attached hydrogens (tertiary/aromatic N) is 3. The highest BCUT2D eigenvalue weighted by Gasteiger charge is 2.34. The molecule has 2 amide bonds. The Hall–Kier alpha value is -3.89. The molecule has 0 saturated heterocycles. The van der Waals surface area contributed by atoms with E-state index in [4.69, 9.17) is 4.74 Å². The second-order valence-corrected chi connectivity index (χ2v) is 11.1. The summed E-state index contributed by atoms with van der Waals surface area (Å²) in [7, 11) is 0. The summed E-state index contributed by atoms with van der Waals surface area (Å²) in [5.41, 5.74) is 1.52. The summed E-state index contributed by atoms with van der Waals surface area (Å²) in [6.07, 6.45) is 2.11. The minimum atomic E-state index is -0.958. The van der Waals surface area contributed by atoms with Crippen LogP contribution in [0.5, 0.6) is 0 Å². The normalized spacial score (nSPS) is 17.2. The van der Waals surface area contributed by atoms with E-state index < -0.39 is 41.4 Å². The number of hydrogen-bond acceptors (Lipinski definition) is 8. The third-order valence-electron chi connectivity index (χ3n) is 6.89. The molecule has 2 bridgehead atoms. The number of benzene rings is 1. The third kappa shape index (κ3) is 9.10. The molecule has 0 spiro atoms. The van der Waals surface area contributed by atoms with Crippen LogP contribution in [0.25, 0.3) is 0 Å². The van der Waals surface area contributed by atoms with Gasteiger partial charge in [0, 0.05) is 25.6 Å². The Bertz CT molecular complexity index is 1190. The van der Waals surface area contributed by atoms with E-state index >= 15 is 0 Å². The van der Waals surface area contributed by atoms with Crippen molar-refractivity contribution in [3.8, 4) is 0 Å². The Labute approximate surface area is 234 Å². The Kier molecular flexibility index (Phi) is 11.1. The SMILES string of the molecule is CC(C)CC(NC(=O)C(CC(=O)OCc1ccccc1)C(C)C)C(=O)CC1Cn2cc(nn2)CCNC(=O)C1=O. The maximum absolute atomic E-state index is 13.5. The topological polar surface area (TPSA) is 149 Å². The second kappa shape index (κ2) is 14.5. The van der Waals surface area contributed by atoms with E-state index in [9.17, 15) is 24.0 Å². The number of fused-ring (bicyclic) bond motifs is 2. The maximum atomic E-state index is 13.5. The Morgan fingerprint density at radius 3 is 2.52 bits per heavy atom. The van der Waals surface area contributed by atoms with E-state index in [0.29, 0.717) is 18.5 Å². The van der Waals surface area contributed by atoms with Gasteiger partial charge in [-0.15, -0.1) is 5.10 Å². The van der Waals surface area contributed by atoms with Gasteiger partial charge in [-0.25, -0.2) is 0 Å². The molecule has 2 N–H and O–H groups in total. The zero-order valence-corrected chi connectivity index (χ0v) is 23.6. The lowest BCUT2D eigenvalue weighted by Crippen LogP contribution is -2.47. The van der Waals surface area contributed by atoms with E-state index in [2.05, 4.69) is 20.9 Å². The fraction of sp³-hybridized carbons (Fsp3) is 0.552. The number of Topliss-reactive ketones (excluding diaryl/α,β-unsaturated/α-hetero) is 2. The van der Waals surface area contributed by atoms with Gasteiger partial charge in [0.1, 0.15) is 6.61 Å². The average Bonchev–Trinajstić information content (AvgIpc) is 3.35. The number of esters is 1. The van der Waals surface area contributed by atoms with Crippen molar-refractivity contribution in [2.24, 2.45) is 23.7 Å². The number of amides is 2. The molecule has 0 aliphatic carbocycles. The molecule has 0 saturated carbocycles. The number of aromatic nitrogens is 3. The molecule has 3 rings (SSSR count). The highest BCUT2D eigenvalue weighted by atomic mass is 16.5. The van der Waals surface area contributed by atoms with Crippen molar-refractivity contribution >= 4 is 29.4 Å². The fourth-order valence-corrected chi connectivity index (χ4v) is 4.60. The van der Waals surface area contributed by atoms with Crippen molar-refractivity contribution in [3.05, 3.63) is 47.8 Å². The van der Waals surface area contributed by atoms with E-state index in [0.717, 1.165) is 5.56 Å². The van der Waals surface area contributed by atoms with Crippen molar-refractivity contribution < 1.29 is 28.7 Å². The zero-order chi connectivity index (χ0) is 29.2. The van der Waals surface area contributed by atoms with Crippen LogP contribution in [0.15, 0.2) is 36.5 Å². The first-order chi connectivity index (χ1) is 19.0. The van der Waals surface area contributed by atoms with Crippen molar-refractivity contribution in [1.29, 1.82) is 0 Å². The van der Waals surface area contributed by atoms with Gasteiger partial charge in [-0.1, -0.05) is 63.2 Å². The molecule has 2 heterocycles. The molecule has 2 aromatic rings. The van der Waals surface area contributed by atoms with E-state index in [1.807, 2.05) is 58.0 Å². The number of ether oxygens (including phenoxy) is 1. The van der Waals surface area contributed by atoms with Gasteiger partial charge in [-0.05, 0) is 23.8 Å². The van der Waals surface area contributed by atoms with Crippen molar-refractivity contribution in [1.82, 2.24) is 25.6 Å². The van der Waals surface area contributed by atoms with Crippen molar-refractivity contribution in [2.45, 2.75) is 72.6 Å². The van der Waals surface area contributed by atoms with Gasteiger partial charge in [0.15, 0.2) is 5.78 Å². The lowest BCUT2D eigenvalue weighted by molar-refractivity contribution is -0.149. The van der Waals surface area contributed by atoms with Gasteiger partial charge >= 0.3 is 5.97 Å². The first kappa shape index (κ1) is 30.6. The highest BCUT2D eigenvalue weighted by Crippen LogP contribution is 2.20. The predicted molar refractivity (Wildman–Crippen MR) is 145 cm³/mol. The van der Waals surface area contributed by atoms with Gasteiger partial charge < -0.3 is 15.4 Å². The summed E-state index contributed by atoms with van der Waals surface area (Å²) in [5, 5.41) is 13.5. The molecule has 1 aromatic heterocycles. The lowest BCUT2D eigenvalue weighted by atomic mass is 9.88. The zero-order valence-electron chi connectivity index (χ0n) is 23.6. The van der Waals surface area contributed by atoms with Gasteiger partial charge in [-0.3, -0.25) is 28.7 Å². The van der Waals surface area contributed by atoms with Crippen LogP contribution in [-0.2, 0) is 48.3 Å².